The molecule has 0 heterocycles. The summed E-state index contributed by atoms with van der Waals surface area (Å²) in [6.45, 7) is 2.03. The second-order valence-corrected chi connectivity index (χ2v) is 3.98. The Balaban J connectivity index is 1.92. The van der Waals surface area contributed by atoms with Crippen LogP contribution in [-0.4, -0.2) is 11.0 Å². The fourth-order valence-electron chi connectivity index (χ4n) is 1.56. The molecule has 0 saturated heterocycles. The van der Waals surface area contributed by atoms with Crippen molar-refractivity contribution >= 4 is 5.91 Å². The molecular weight excluding hydrogens is 216 g/mol. The number of carbonyl (C=O) groups excluding carboxylic acids is 1. The molecule has 0 atom stereocenters. The minimum absolute atomic E-state index is 0.145. The standard InChI is InChI=1S/C13H14N2O2/c1-9-2-5-11(8-9)14-15-13(17)10-3-6-12(16)7-4-10/h3-8,14,16H,2H2,1H3,(H,15,17). The second-order valence-electron chi connectivity index (χ2n) is 3.98. The first-order chi connectivity index (χ1) is 8.15. The smallest absolute Gasteiger partial charge is 0.269 e. The molecule has 88 valence electrons. The summed E-state index contributed by atoms with van der Waals surface area (Å²) in [5, 5.41) is 9.11. The third-order valence-electron chi connectivity index (χ3n) is 2.50. The summed E-state index contributed by atoms with van der Waals surface area (Å²) in [5.41, 5.74) is 8.09. The summed E-state index contributed by atoms with van der Waals surface area (Å²) in [6.07, 6.45) is 4.90. The van der Waals surface area contributed by atoms with Gasteiger partial charge in [0.25, 0.3) is 5.91 Å². The maximum absolute atomic E-state index is 11.7. The molecule has 4 nitrogen and oxygen atoms in total. The van der Waals surface area contributed by atoms with Crippen molar-refractivity contribution in [2.45, 2.75) is 13.3 Å². The number of hydrazine groups is 1. The normalized spacial score (nSPS) is 13.9. The fourth-order valence-corrected chi connectivity index (χ4v) is 1.56. The van der Waals surface area contributed by atoms with Crippen LogP contribution >= 0.6 is 0 Å². The van der Waals surface area contributed by atoms with E-state index in [1.165, 1.54) is 17.7 Å². The molecule has 0 aliphatic heterocycles. The van der Waals surface area contributed by atoms with Crippen LogP contribution in [0.1, 0.15) is 23.7 Å². The predicted octanol–water partition coefficient (Wildman–Crippen LogP) is 1.86. The lowest BCUT2D eigenvalue weighted by Crippen LogP contribution is -2.36. The maximum atomic E-state index is 11.7. The first kappa shape index (κ1) is 11.3. The number of aromatic hydroxyl groups is 1. The van der Waals surface area contributed by atoms with E-state index in [9.17, 15) is 4.79 Å². The second kappa shape index (κ2) is 4.74. The number of nitrogens with one attached hydrogen (secondary N) is 2. The van der Waals surface area contributed by atoms with Crippen molar-refractivity contribution in [3.63, 3.8) is 0 Å². The zero-order valence-corrected chi connectivity index (χ0v) is 9.53. The molecular formula is C13H14N2O2. The topological polar surface area (TPSA) is 61.4 Å². The van der Waals surface area contributed by atoms with Gasteiger partial charge in [-0.3, -0.25) is 15.6 Å². The van der Waals surface area contributed by atoms with Crippen LogP contribution in [0.15, 0.2) is 47.7 Å². The first-order valence-corrected chi connectivity index (χ1v) is 5.38. The van der Waals surface area contributed by atoms with Crippen molar-refractivity contribution in [1.29, 1.82) is 0 Å². The van der Waals surface area contributed by atoms with Crippen LogP contribution in [0.5, 0.6) is 5.75 Å². The molecule has 1 aromatic carbocycles. The lowest BCUT2D eigenvalue weighted by atomic mass is 10.2. The van der Waals surface area contributed by atoms with Crippen LogP contribution < -0.4 is 10.9 Å². The molecule has 4 heteroatoms. The van der Waals surface area contributed by atoms with E-state index in [0.29, 0.717) is 5.56 Å². The Hall–Kier alpha value is -2.23. The van der Waals surface area contributed by atoms with Gasteiger partial charge in [0, 0.05) is 5.56 Å². The van der Waals surface area contributed by atoms with Gasteiger partial charge in [-0.25, -0.2) is 0 Å². The van der Waals surface area contributed by atoms with E-state index in [2.05, 4.69) is 10.9 Å². The first-order valence-electron chi connectivity index (χ1n) is 5.38. The number of hydrogen-bond donors (Lipinski definition) is 3. The number of phenolic OH excluding ortho intramolecular Hbond substituents is 1. The quantitative estimate of drug-likeness (QED) is 0.694. The monoisotopic (exact) mass is 230 g/mol. The van der Waals surface area contributed by atoms with Crippen molar-refractivity contribution in [3.05, 3.63) is 53.3 Å². The summed E-state index contributed by atoms with van der Waals surface area (Å²) in [4.78, 5) is 11.7. The maximum Gasteiger partial charge on any atom is 0.269 e. The van der Waals surface area contributed by atoms with Gasteiger partial charge in [0.15, 0.2) is 0 Å². The lowest BCUT2D eigenvalue weighted by molar-refractivity contribution is 0.0939. The van der Waals surface area contributed by atoms with Crippen molar-refractivity contribution < 1.29 is 9.90 Å². The number of benzene rings is 1. The third kappa shape index (κ3) is 2.87. The van der Waals surface area contributed by atoms with Crippen LogP contribution in [0.2, 0.25) is 0 Å². The van der Waals surface area contributed by atoms with Crippen LogP contribution in [-0.2, 0) is 0 Å². The molecule has 0 unspecified atom stereocenters. The van der Waals surface area contributed by atoms with Gasteiger partial charge < -0.3 is 5.11 Å². The average molecular weight is 230 g/mol. The van der Waals surface area contributed by atoms with Crippen LogP contribution in [0.3, 0.4) is 0 Å². The minimum atomic E-state index is -0.233. The minimum Gasteiger partial charge on any atom is -0.508 e. The molecule has 1 aliphatic rings. The summed E-state index contributed by atoms with van der Waals surface area (Å²) in [5.74, 6) is -0.0876. The van der Waals surface area contributed by atoms with Crippen molar-refractivity contribution in [2.75, 3.05) is 0 Å². The van der Waals surface area contributed by atoms with E-state index in [1.807, 2.05) is 19.1 Å². The third-order valence-corrected chi connectivity index (χ3v) is 2.50. The van der Waals surface area contributed by atoms with Crippen molar-refractivity contribution in [2.24, 2.45) is 0 Å². The van der Waals surface area contributed by atoms with Gasteiger partial charge in [-0.05, 0) is 43.7 Å². The summed E-state index contributed by atoms with van der Waals surface area (Å²) in [6, 6.07) is 6.09. The molecule has 0 bridgehead atoms. The summed E-state index contributed by atoms with van der Waals surface area (Å²) < 4.78 is 0. The van der Waals surface area contributed by atoms with E-state index in [0.717, 1.165) is 12.1 Å². The molecule has 0 aromatic heterocycles. The molecule has 1 aromatic rings. The van der Waals surface area contributed by atoms with Gasteiger partial charge >= 0.3 is 0 Å². The summed E-state index contributed by atoms with van der Waals surface area (Å²) >= 11 is 0. The summed E-state index contributed by atoms with van der Waals surface area (Å²) in [7, 11) is 0. The van der Waals surface area contributed by atoms with Crippen molar-refractivity contribution in [1.82, 2.24) is 10.9 Å². The fraction of sp³-hybridized carbons (Fsp3) is 0.154. The highest BCUT2D eigenvalue weighted by Crippen LogP contribution is 2.13. The largest absolute Gasteiger partial charge is 0.508 e. The number of carbonyl (C=O) groups is 1. The van der Waals surface area contributed by atoms with E-state index in [1.54, 1.807) is 12.1 Å². The SMILES string of the molecule is CC1=CC(NNC(=O)c2ccc(O)cc2)=CC1. The highest BCUT2D eigenvalue weighted by Gasteiger charge is 2.06. The Bertz CT molecular complexity index is 487. The number of phenols is 1. The molecule has 0 fully saturated rings. The number of amides is 1. The molecule has 1 amide bonds. The lowest BCUT2D eigenvalue weighted by Gasteiger charge is -2.07. The van der Waals surface area contributed by atoms with Gasteiger partial charge in [-0.15, -0.1) is 0 Å². The number of allylic oxidation sites excluding steroid dienone is 3. The molecule has 3 N–H and O–H groups in total. The predicted molar refractivity (Wildman–Crippen MR) is 65.2 cm³/mol. The van der Waals surface area contributed by atoms with Gasteiger partial charge in [-0.2, -0.15) is 0 Å². The van der Waals surface area contributed by atoms with E-state index < -0.39 is 0 Å². The Morgan fingerprint density at radius 2 is 2.00 bits per heavy atom. The van der Waals surface area contributed by atoms with Gasteiger partial charge in [0.05, 0.1) is 5.70 Å². The Morgan fingerprint density at radius 1 is 1.29 bits per heavy atom. The van der Waals surface area contributed by atoms with E-state index >= 15 is 0 Å². The van der Waals surface area contributed by atoms with Gasteiger partial charge in [0.2, 0.25) is 0 Å². The number of rotatable bonds is 3. The zero-order valence-electron chi connectivity index (χ0n) is 9.53. The molecule has 2 rings (SSSR count). The molecule has 1 aliphatic carbocycles. The molecule has 0 radical (unpaired) electrons. The zero-order chi connectivity index (χ0) is 12.3. The highest BCUT2D eigenvalue weighted by atomic mass is 16.3. The molecule has 0 saturated carbocycles. The molecule has 17 heavy (non-hydrogen) atoms. The van der Waals surface area contributed by atoms with Crippen LogP contribution in [0, 0.1) is 0 Å². The van der Waals surface area contributed by atoms with Gasteiger partial charge in [0.1, 0.15) is 5.75 Å². The van der Waals surface area contributed by atoms with Gasteiger partial charge in [-0.1, -0.05) is 11.6 Å². The highest BCUT2D eigenvalue weighted by molar-refractivity contribution is 5.94. The van der Waals surface area contributed by atoms with Crippen LogP contribution in [0.4, 0.5) is 0 Å². The molecule has 0 spiro atoms. The van der Waals surface area contributed by atoms with E-state index in [-0.39, 0.29) is 11.7 Å². The van der Waals surface area contributed by atoms with Crippen molar-refractivity contribution in [3.8, 4) is 5.75 Å². The number of hydrogen-bond acceptors (Lipinski definition) is 3. The average Bonchev–Trinajstić information content (AvgIpc) is 2.73. The Morgan fingerprint density at radius 3 is 2.59 bits per heavy atom. The Kier molecular flexibility index (Phi) is 3.14. The Labute approximate surface area is 99.6 Å². The van der Waals surface area contributed by atoms with Crippen LogP contribution in [0.25, 0.3) is 0 Å². The van der Waals surface area contributed by atoms with E-state index in [4.69, 9.17) is 5.11 Å².